The summed E-state index contributed by atoms with van der Waals surface area (Å²) in [5, 5.41) is 3.33. The molecule has 1 unspecified atom stereocenters. The molecule has 1 heterocycles. The number of nitrogens with zero attached hydrogens (tertiary/aromatic N) is 2. The number of carbonyl (C=O) groups excluding carboxylic acids is 1. The van der Waals surface area contributed by atoms with Crippen LogP contribution in [0.2, 0.25) is 0 Å². The highest BCUT2D eigenvalue weighted by atomic mass is 16.2. The number of hydrogen-bond acceptors (Lipinski definition) is 3. The zero-order valence-corrected chi connectivity index (χ0v) is 13.2. The third-order valence-corrected chi connectivity index (χ3v) is 4.22. The molecule has 4 heteroatoms. The minimum atomic E-state index is -0.0548. The van der Waals surface area contributed by atoms with Crippen LogP contribution in [0.15, 0.2) is 30.3 Å². The third kappa shape index (κ3) is 4.55. The van der Waals surface area contributed by atoms with Crippen molar-refractivity contribution in [2.45, 2.75) is 32.7 Å². The van der Waals surface area contributed by atoms with Crippen molar-refractivity contribution in [3.8, 4) is 0 Å². The van der Waals surface area contributed by atoms with Crippen molar-refractivity contribution in [1.29, 1.82) is 0 Å². The molecule has 21 heavy (non-hydrogen) atoms. The maximum absolute atomic E-state index is 12.4. The summed E-state index contributed by atoms with van der Waals surface area (Å²) in [5.41, 5.74) is 1.22. The highest BCUT2D eigenvalue weighted by Gasteiger charge is 2.30. The van der Waals surface area contributed by atoms with Gasteiger partial charge in [0.15, 0.2) is 0 Å². The van der Waals surface area contributed by atoms with Gasteiger partial charge in [-0.25, -0.2) is 0 Å². The molecule has 1 atom stereocenters. The number of benzene rings is 1. The van der Waals surface area contributed by atoms with Crippen molar-refractivity contribution in [3.63, 3.8) is 0 Å². The Morgan fingerprint density at radius 3 is 2.62 bits per heavy atom. The molecular weight excluding hydrogens is 262 g/mol. The molecule has 0 bridgehead atoms. The van der Waals surface area contributed by atoms with E-state index in [0.29, 0.717) is 6.67 Å². The third-order valence-electron chi connectivity index (χ3n) is 4.22. The number of amides is 1. The van der Waals surface area contributed by atoms with E-state index < -0.39 is 0 Å². The van der Waals surface area contributed by atoms with Crippen molar-refractivity contribution < 1.29 is 4.79 Å². The molecule has 116 valence electrons. The van der Waals surface area contributed by atoms with Crippen LogP contribution < -0.4 is 5.32 Å². The van der Waals surface area contributed by atoms with E-state index in [-0.39, 0.29) is 11.9 Å². The second kappa shape index (κ2) is 8.15. The highest BCUT2D eigenvalue weighted by molar-refractivity contribution is 5.84. The Kier molecular flexibility index (Phi) is 6.21. The fraction of sp³-hybridized carbons (Fsp3) is 0.588. The number of carbonyl (C=O) groups is 1. The lowest BCUT2D eigenvalue weighted by atomic mass is 10.1. The average molecular weight is 289 g/mol. The molecule has 1 N–H and O–H groups in total. The van der Waals surface area contributed by atoms with Crippen molar-refractivity contribution in [1.82, 2.24) is 15.1 Å². The van der Waals surface area contributed by atoms with Gasteiger partial charge >= 0.3 is 0 Å². The first-order valence-corrected chi connectivity index (χ1v) is 8.03. The van der Waals surface area contributed by atoms with E-state index >= 15 is 0 Å². The van der Waals surface area contributed by atoms with Crippen LogP contribution in [0.25, 0.3) is 0 Å². The summed E-state index contributed by atoms with van der Waals surface area (Å²) < 4.78 is 0. The minimum Gasteiger partial charge on any atom is -0.328 e. The topological polar surface area (TPSA) is 35.6 Å². The Morgan fingerprint density at radius 2 is 1.95 bits per heavy atom. The van der Waals surface area contributed by atoms with E-state index in [9.17, 15) is 4.79 Å². The van der Waals surface area contributed by atoms with Crippen LogP contribution in [0.3, 0.4) is 0 Å². The fourth-order valence-electron chi connectivity index (χ4n) is 2.83. The summed E-state index contributed by atoms with van der Waals surface area (Å²) in [7, 11) is 0. The quantitative estimate of drug-likeness (QED) is 0.791. The maximum atomic E-state index is 12.4. The lowest BCUT2D eigenvalue weighted by molar-refractivity contribution is -0.128. The van der Waals surface area contributed by atoms with Gasteiger partial charge in [0.25, 0.3) is 0 Å². The SMILES string of the molecule is CCN(CC)CCCN1CNC(Cc2ccccc2)C1=O. The first-order chi connectivity index (χ1) is 10.2. The van der Waals surface area contributed by atoms with Gasteiger partial charge in [-0.05, 0) is 38.0 Å². The van der Waals surface area contributed by atoms with E-state index in [2.05, 4.69) is 36.2 Å². The summed E-state index contributed by atoms with van der Waals surface area (Å²) in [5.74, 6) is 0.249. The molecular formula is C17H27N3O. The van der Waals surface area contributed by atoms with Crippen LogP contribution in [0.4, 0.5) is 0 Å². The lowest BCUT2D eigenvalue weighted by Crippen LogP contribution is -2.34. The Bertz CT molecular complexity index is 431. The van der Waals surface area contributed by atoms with Gasteiger partial charge in [-0.2, -0.15) is 0 Å². The van der Waals surface area contributed by atoms with Crippen LogP contribution in [-0.2, 0) is 11.2 Å². The van der Waals surface area contributed by atoms with E-state index in [0.717, 1.165) is 39.0 Å². The van der Waals surface area contributed by atoms with Crippen LogP contribution in [0, 0.1) is 0 Å². The van der Waals surface area contributed by atoms with Gasteiger partial charge in [-0.1, -0.05) is 44.2 Å². The van der Waals surface area contributed by atoms with Gasteiger partial charge in [0.05, 0.1) is 12.7 Å². The van der Waals surface area contributed by atoms with E-state index in [1.165, 1.54) is 5.56 Å². The number of nitrogens with one attached hydrogen (secondary N) is 1. The standard InChI is InChI=1S/C17H27N3O/c1-3-19(4-2)11-8-12-20-14-18-16(17(20)21)13-15-9-6-5-7-10-15/h5-7,9-10,16,18H,3-4,8,11-14H2,1-2H3. The zero-order valence-electron chi connectivity index (χ0n) is 13.2. The molecule has 2 rings (SSSR count). The Balaban J connectivity index is 1.76. The van der Waals surface area contributed by atoms with E-state index in [4.69, 9.17) is 0 Å². The van der Waals surface area contributed by atoms with Crippen molar-refractivity contribution in [3.05, 3.63) is 35.9 Å². The zero-order chi connectivity index (χ0) is 15.1. The molecule has 0 aliphatic carbocycles. The predicted molar refractivity (Wildman–Crippen MR) is 86.1 cm³/mol. The molecule has 0 aromatic heterocycles. The van der Waals surface area contributed by atoms with Crippen molar-refractivity contribution >= 4 is 5.91 Å². The van der Waals surface area contributed by atoms with E-state index in [1.807, 2.05) is 23.1 Å². The molecule has 1 aromatic carbocycles. The van der Waals surface area contributed by atoms with Gasteiger partial charge in [-0.3, -0.25) is 10.1 Å². The molecule has 1 aliphatic heterocycles. The number of hydrogen-bond donors (Lipinski definition) is 1. The van der Waals surface area contributed by atoms with Gasteiger partial charge < -0.3 is 9.80 Å². The van der Waals surface area contributed by atoms with Gasteiger partial charge in [0.1, 0.15) is 0 Å². The molecule has 1 aromatic rings. The largest absolute Gasteiger partial charge is 0.328 e. The first-order valence-electron chi connectivity index (χ1n) is 8.03. The summed E-state index contributed by atoms with van der Waals surface area (Å²) in [4.78, 5) is 16.7. The van der Waals surface area contributed by atoms with Crippen LogP contribution in [-0.4, -0.2) is 54.6 Å². The fourth-order valence-corrected chi connectivity index (χ4v) is 2.83. The Hall–Kier alpha value is -1.39. The van der Waals surface area contributed by atoms with E-state index in [1.54, 1.807) is 0 Å². The molecule has 1 saturated heterocycles. The Morgan fingerprint density at radius 1 is 1.24 bits per heavy atom. The molecule has 1 fully saturated rings. The van der Waals surface area contributed by atoms with Gasteiger partial charge in [-0.15, -0.1) is 0 Å². The highest BCUT2D eigenvalue weighted by Crippen LogP contribution is 2.11. The second-order valence-electron chi connectivity index (χ2n) is 5.59. The summed E-state index contributed by atoms with van der Waals surface area (Å²) in [6.45, 7) is 9.14. The van der Waals surface area contributed by atoms with Crippen LogP contribution in [0.5, 0.6) is 0 Å². The predicted octanol–water partition coefficient (Wildman–Crippen LogP) is 1.72. The molecule has 0 saturated carbocycles. The normalized spacial score (nSPS) is 18.7. The molecule has 1 amide bonds. The second-order valence-corrected chi connectivity index (χ2v) is 5.59. The maximum Gasteiger partial charge on any atom is 0.241 e. The summed E-state index contributed by atoms with van der Waals surface area (Å²) in [6, 6.07) is 10.2. The molecule has 1 aliphatic rings. The smallest absolute Gasteiger partial charge is 0.241 e. The molecule has 0 radical (unpaired) electrons. The monoisotopic (exact) mass is 289 g/mol. The minimum absolute atomic E-state index is 0.0548. The average Bonchev–Trinajstić information content (AvgIpc) is 2.86. The van der Waals surface area contributed by atoms with Crippen molar-refractivity contribution in [2.75, 3.05) is 32.8 Å². The Labute approximate surface area is 128 Å². The van der Waals surface area contributed by atoms with Crippen LogP contribution in [0.1, 0.15) is 25.8 Å². The summed E-state index contributed by atoms with van der Waals surface area (Å²) >= 11 is 0. The van der Waals surface area contributed by atoms with Crippen molar-refractivity contribution in [2.24, 2.45) is 0 Å². The lowest BCUT2D eigenvalue weighted by Gasteiger charge is -2.20. The van der Waals surface area contributed by atoms with Crippen LogP contribution >= 0.6 is 0 Å². The molecule has 0 spiro atoms. The summed E-state index contributed by atoms with van der Waals surface area (Å²) in [6.07, 6.45) is 1.83. The van der Waals surface area contributed by atoms with Gasteiger partial charge in [0.2, 0.25) is 5.91 Å². The van der Waals surface area contributed by atoms with Gasteiger partial charge in [0, 0.05) is 6.54 Å². The molecule has 4 nitrogen and oxygen atoms in total. The first kappa shape index (κ1) is 16.0. The number of rotatable bonds is 8.